The fourth-order valence-corrected chi connectivity index (χ4v) is 1.22. The number of hydrogen-bond donors (Lipinski definition) is 1. The van der Waals surface area contributed by atoms with E-state index in [1.807, 2.05) is 0 Å². The van der Waals surface area contributed by atoms with E-state index in [1.165, 1.54) is 6.92 Å². The summed E-state index contributed by atoms with van der Waals surface area (Å²) in [6.45, 7) is 1.78. The van der Waals surface area contributed by atoms with E-state index in [0.717, 1.165) is 0 Å². The van der Waals surface area contributed by atoms with Crippen LogP contribution in [-0.2, 0) is 4.79 Å². The van der Waals surface area contributed by atoms with E-state index in [0.29, 0.717) is 6.54 Å². The highest BCUT2D eigenvalue weighted by Crippen LogP contribution is 2.41. The second-order valence-corrected chi connectivity index (χ2v) is 3.07. The number of nitrogens with one attached hydrogen (secondary N) is 1. The highest BCUT2D eigenvalue weighted by Gasteiger charge is 2.44. The molecule has 1 N–H and O–H groups in total. The van der Waals surface area contributed by atoms with Crippen LogP contribution in [-0.4, -0.2) is 18.4 Å². The lowest BCUT2D eigenvalue weighted by molar-refractivity contribution is -0.124. The Morgan fingerprint density at radius 3 is 2.64 bits per heavy atom. The number of amides is 1. The van der Waals surface area contributed by atoms with Crippen molar-refractivity contribution in [3.63, 3.8) is 0 Å². The molecule has 0 aromatic heterocycles. The van der Waals surface area contributed by atoms with E-state index >= 15 is 0 Å². The first-order chi connectivity index (χ1) is 4.99. The first kappa shape index (κ1) is 8.43. The molecule has 0 aliphatic heterocycles. The maximum Gasteiger partial charge on any atom is 0.248 e. The van der Waals surface area contributed by atoms with Gasteiger partial charge in [0.05, 0.1) is 0 Å². The summed E-state index contributed by atoms with van der Waals surface area (Å²) in [5.74, 6) is -2.64. The number of halogens is 2. The Hall–Kier alpha value is -0.670. The topological polar surface area (TPSA) is 29.1 Å². The Bertz CT molecular complexity index is 167. The summed E-state index contributed by atoms with van der Waals surface area (Å²) in [6, 6.07) is 0. The van der Waals surface area contributed by atoms with Crippen LogP contribution < -0.4 is 5.32 Å². The van der Waals surface area contributed by atoms with Crippen molar-refractivity contribution in [2.75, 3.05) is 6.54 Å². The molecule has 0 atom stereocenters. The lowest BCUT2D eigenvalue weighted by atomic mass is 9.81. The van der Waals surface area contributed by atoms with Gasteiger partial charge in [0.2, 0.25) is 11.8 Å². The van der Waals surface area contributed by atoms with Gasteiger partial charge < -0.3 is 5.32 Å². The van der Waals surface area contributed by atoms with Gasteiger partial charge in [-0.15, -0.1) is 0 Å². The standard InChI is InChI=1S/C7H11F2NO.H2/c1-5(11)10-4-6-2-7(8,9)3-6;/h6H,2-4H2,1H3,(H,10,11);1H. The van der Waals surface area contributed by atoms with Gasteiger partial charge in [-0.1, -0.05) is 0 Å². The third-order valence-corrected chi connectivity index (χ3v) is 1.81. The van der Waals surface area contributed by atoms with E-state index in [1.54, 1.807) is 0 Å². The summed E-state index contributed by atoms with van der Waals surface area (Å²) in [5.41, 5.74) is 0. The molecule has 0 radical (unpaired) electrons. The molecule has 0 saturated heterocycles. The molecule has 4 heteroatoms. The molecule has 2 nitrogen and oxygen atoms in total. The highest BCUT2D eigenvalue weighted by atomic mass is 19.3. The monoisotopic (exact) mass is 165 g/mol. The number of rotatable bonds is 2. The zero-order valence-corrected chi connectivity index (χ0v) is 6.36. The van der Waals surface area contributed by atoms with Gasteiger partial charge in [0.25, 0.3) is 0 Å². The maximum absolute atomic E-state index is 12.2. The molecular weight excluding hydrogens is 152 g/mol. The molecule has 0 bridgehead atoms. The van der Waals surface area contributed by atoms with Gasteiger partial charge in [-0.3, -0.25) is 4.79 Å². The van der Waals surface area contributed by atoms with Gasteiger partial charge in [0, 0.05) is 27.7 Å². The lowest BCUT2D eigenvalue weighted by Gasteiger charge is -2.34. The SMILES string of the molecule is CC(=O)NCC1CC(F)(F)C1.[HH]. The number of carbonyl (C=O) groups excluding carboxylic acids is 1. The first-order valence-electron chi connectivity index (χ1n) is 3.62. The number of alkyl halides is 2. The molecule has 0 aromatic rings. The average Bonchev–Trinajstić information content (AvgIpc) is 1.78. The van der Waals surface area contributed by atoms with Crippen LogP contribution in [0.3, 0.4) is 0 Å². The Morgan fingerprint density at radius 2 is 2.27 bits per heavy atom. The lowest BCUT2D eigenvalue weighted by Crippen LogP contribution is -2.41. The van der Waals surface area contributed by atoms with Gasteiger partial charge in [0.15, 0.2) is 0 Å². The normalized spacial score (nSPS) is 22.5. The van der Waals surface area contributed by atoms with Crippen molar-refractivity contribution in [3.05, 3.63) is 0 Å². The van der Waals surface area contributed by atoms with Crippen molar-refractivity contribution in [2.45, 2.75) is 25.7 Å². The van der Waals surface area contributed by atoms with E-state index in [4.69, 9.17) is 0 Å². The van der Waals surface area contributed by atoms with Gasteiger partial charge in [-0.2, -0.15) is 0 Å². The molecule has 1 aliphatic rings. The minimum atomic E-state index is -2.47. The third-order valence-electron chi connectivity index (χ3n) is 1.81. The Balaban J connectivity index is 0.00000121. The van der Waals surface area contributed by atoms with E-state index < -0.39 is 5.92 Å². The molecule has 0 aromatic carbocycles. The summed E-state index contributed by atoms with van der Waals surface area (Å²) in [6.07, 6.45) is -0.152. The van der Waals surface area contributed by atoms with Crippen molar-refractivity contribution in [1.82, 2.24) is 5.32 Å². The Kier molecular flexibility index (Phi) is 2.11. The quantitative estimate of drug-likeness (QED) is 0.658. The molecule has 1 amide bonds. The molecule has 0 unspecified atom stereocenters. The molecule has 66 valence electrons. The smallest absolute Gasteiger partial charge is 0.248 e. The van der Waals surface area contributed by atoms with Crippen molar-refractivity contribution in [2.24, 2.45) is 5.92 Å². The maximum atomic E-state index is 12.2. The summed E-state index contributed by atoms with van der Waals surface area (Å²) >= 11 is 0. The fraction of sp³-hybridized carbons (Fsp3) is 0.857. The summed E-state index contributed by atoms with van der Waals surface area (Å²) in [5, 5.41) is 2.51. The minimum Gasteiger partial charge on any atom is -0.356 e. The highest BCUT2D eigenvalue weighted by molar-refractivity contribution is 5.72. The Labute approximate surface area is 65.5 Å². The largest absolute Gasteiger partial charge is 0.356 e. The third kappa shape index (κ3) is 2.44. The molecule has 1 aliphatic carbocycles. The van der Waals surface area contributed by atoms with Crippen LogP contribution >= 0.6 is 0 Å². The van der Waals surface area contributed by atoms with E-state index in [-0.39, 0.29) is 26.1 Å². The van der Waals surface area contributed by atoms with Crippen LogP contribution in [0.15, 0.2) is 0 Å². The van der Waals surface area contributed by atoms with E-state index in [2.05, 4.69) is 5.32 Å². The number of carbonyl (C=O) groups is 1. The summed E-state index contributed by atoms with van der Waals surface area (Å²) in [7, 11) is 0. The first-order valence-corrected chi connectivity index (χ1v) is 3.62. The van der Waals surface area contributed by atoms with Crippen molar-refractivity contribution in [1.29, 1.82) is 0 Å². The van der Waals surface area contributed by atoms with Crippen LogP contribution in [0.5, 0.6) is 0 Å². The second kappa shape index (κ2) is 2.75. The zero-order valence-electron chi connectivity index (χ0n) is 6.36. The van der Waals surface area contributed by atoms with Crippen molar-refractivity contribution in [3.8, 4) is 0 Å². The van der Waals surface area contributed by atoms with Crippen LogP contribution in [0.4, 0.5) is 8.78 Å². The van der Waals surface area contributed by atoms with Gasteiger partial charge >= 0.3 is 0 Å². The molecule has 11 heavy (non-hydrogen) atoms. The van der Waals surface area contributed by atoms with Crippen molar-refractivity contribution >= 4 is 5.91 Å². The molecule has 0 heterocycles. The van der Waals surface area contributed by atoms with Crippen LogP contribution in [0, 0.1) is 5.92 Å². The molecule has 0 spiro atoms. The van der Waals surface area contributed by atoms with Gasteiger partial charge in [-0.25, -0.2) is 8.78 Å². The Morgan fingerprint density at radius 1 is 1.73 bits per heavy atom. The summed E-state index contributed by atoms with van der Waals surface area (Å²) in [4.78, 5) is 10.4. The van der Waals surface area contributed by atoms with Crippen LogP contribution in [0.25, 0.3) is 0 Å². The average molecular weight is 165 g/mol. The van der Waals surface area contributed by atoms with Crippen LogP contribution in [0.1, 0.15) is 21.2 Å². The van der Waals surface area contributed by atoms with Gasteiger partial charge in [-0.05, 0) is 5.92 Å². The molecule has 1 rings (SSSR count). The van der Waals surface area contributed by atoms with Crippen LogP contribution in [0.2, 0.25) is 0 Å². The zero-order chi connectivity index (χ0) is 8.48. The predicted octanol–water partition coefficient (Wildman–Crippen LogP) is 1.41. The second-order valence-electron chi connectivity index (χ2n) is 3.07. The minimum absolute atomic E-state index is 0. The molecule has 1 fully saturated rings. The number of hydrogen-bond acceptors (Lipinski definition) is 1. The van der Waals surface area contributed by atoms with Crippen molar-refractivity contribution < 1.29 is 15.0 Å². The van der Waals surface area contributed by atoms with E-state index in [9.17, 15) is 13.6 Å². The summed E-state index contributed by atoms with van der Waals surface area (Å²) < 4.78 is 24.4. The molecular formula is C7H13F2NO. The fourth-order valence-electron chi connectivity index (χ4n) is 1.22. The predicted molar refractivity (Wildman–Crippen MR) is 38.5 cm³/mol. The van der Waals surface area contributed by atoms with Gasteiger partial charge in [0.1, 0.15) is 0 Å². The molecule has 1 saturated carbocycles.